The lowest BCUT2D eigenvalue weighted by molar-refractivity contribution is -0.0890. The first-order valence-corrected chi connectivity index (χ1v) is 3.63. The summed E-state index contributed by atoms with van der Waals surface area (Å²) in [5.41, 5.74) is -1.07. The van der Waals surface area contributed by atoms with E-state index < -0.39 is 24.0 Å². The largest absolute Gasteiger partial charge is 0.416 e. The van der Waals surface area contributed by atoms with Crippen molar-refractivity contribution in [3.8, 4) is 0 Å². The monoisotopic (exact) mass is 207 g/mol. The second-order valence-corrected chi connectivity index (χ2v) is 2.63. The molecule has 0 radical (unpaired) electrons. The normalized spacial score (nSPS) is 26.7. The quantitative estimate of drug-likeness (QED) is 0.367. The maximum absolute atomic E-state index is 12.9. The van der Waals surface area contributed by atoms with Crippen LogP contribution in [0.5, 0.6) is 0 Å². The zero-order valence-electron chi connectivity index (χ0n) is 6.75. The number of rotatable bonds is 1. The molecule has 1 rings (SSSR count). The Morgan fingerprint density at radius 2 is 2.07 bits per heavy atom. The molecule has 2 unspecified atom stereocenters. The van der Waals surface area contributed by atoms with Gasteiger partial charge in [-0.3, -0.25) is 0 Å². The van der Waals surface area contributed by atoms with Crippen LogP contribution in [0.4, 0.5) is 17.6 Å². The fraction of sp³-hybridized carbons (Fsp3) is 0.375. The summed E-state index contributed by atoms with van der Waals surface area (Å²) in [6.07, 6.45) is -3.43. The summed E-state index contributed by atoms with van der Waals surface area (Å²) in [7, 11) is 0. The Labute approximate surface area is 76.6 Å². The fourth-order valence-electron chi connectivity index (χ4n) is 0.998. The summed E-state index contributed by atoms with van der Waals surface area (Å²) in [5.74, 6) is 0. The predicted octanol–water partition coefficient (Wildman–Crippen LogP) is 2.09. The molecule has 0 amide bonds. The zero-order chi connectivity index (χ0) is 10.8. The van der Waals surface area contributed by atoms with Gasteiger partial charge in [0.15, 0.2) is 0 Å². The molecular weight excluding hydrogens is 202 g/mol. The highest BCUT2D eigenvalue weighted by atomic mass is 19.4. The minimum absolute atomic E-state index is 0.394. The Morgan fingerprint density at radius 1 is 1.43 bits per heavy atom. The van der Waals surface area contributed by atoms with Gasteiger partial charge in [0, 0.05) is 0 Å². The van der Waals surface area contributed by atoms with Crippen LogP contribution in [0.2, 0.25) is 0 Å². The summed E-state index contributed by atoms with van der Waals surface area (Å²) in [6.45, 7) is 0. The molecular formula is C8H5F4NO. The molecule has 0 heterocycles. The van der Waals surface area contributed by atoms with Crippen LogP contribution in [0.15, 0.2) is 28.8 Å². The van der Waals surface area contributed by atoms with E-state index in [0.29, 0.717) is 12.2 Å². The van der Waals surface area contributed by atoms with E-state index in [1.54, 1.807) is 0 Å². The number of isocyanates is 1. The van der Waals surface area contributed by atoms with E-state index in [1.807, 2.05) is 0 Å². The molecule has 0 saturated heterocycles. The molecule has 1 aliphatic carbocycles. The number of hydrogen-bond acceptors (Lipinski definition) is 2. The van der Waals surface area contributed by atoms with Crippen molar-refractivity contribution in [2.45, 2.75) is 18.4 Å². The van der Waals surface area contributed by atoms with Gasteiger partial charge in [0.1, 0.15) is 12.2 Å². The molecule has 0 aliphatic heterocycles. The number of aliphatic imine (C=N–C) groups is 1. The van der Waals surface area contributed by atoms with Crippen LogP contribution < -0.4 is 0 Å². The topological polar surface area (TPSA) is 29.4 Å². The number of hydrogen-bond donors (Lipinski definition) is 0. The smallest absolute Gasteiger partial charge is 0.240 e. The van der Waals surface area contributed by atoms with Crippen molar-refractivity contribution in [1.29, 1.82) is 0 Å². The van der Waals surface area contributed by atoms with Crippen molar-refractivity contribution in [1.82, 2.24) is 0 Å². The van der Waals surface area contributed by atoms with Crippen LogP contribution in [0, 0.1) is 0 Å². The Morgan fingerprint density at radius 3 is 2.50 bits per heavy atom. The first-order chi connectivity index (χ1) is 6.45. The maximum Gasteiger partial charge on any atom is 0.416 e. The van der Waals surface area contributed by atoms with Crippen LogP contribution in [0.1, 0.15) is 0 Å². The van der Waals surface area contributed by atoms with Gasteiger partial charge in [0.25, 0.3) is 0 Å². The second kappa shape index (κ2) is 3.75. The Hall–Kier alpha value is -1.42. The van der Waals surface area contributed by atoms with Crippen molar-refractivity contribution in [2.24, 2.45) is 4.99 Å². The van der Waals surface area contributed by atoms with E-state index in [9.17, 15) is 22.4 Å². The van der Waals surface area contributed by atoms with E-state index in [4.69, 9.17) is 0 Å². The van der Waals surface area contributed by atoms with Crippen molar-refractivity contribution in [2.75, 3.05) is 0 Å². The molecule has 0 bridgehead atoms. The molecule has 1 aliphatic rings. The second-order valence-electron chi connectivity index (χ2n) is 2.63. The van der Waals surface area contributed by atoms with Crippen molar-refractivity contribution >= 4 is 6.08 Å². The fourth-order valence-corrected chi connectivity index (χ4v) is 0.998. The Balaban J connectivity index is 2.87. The molecule has 14 heavy (non-hydrogen) atoms. The first-order valence-electron chi connectivity index (χ1n) is 3.63. The average Bonchev–Trinajstić information content (AvgIpc) is 2.07. The van der Waals surface area contributed by atoms with Gasteiger partial charge in [-0.1, -0.05) is 12.2 Å². The highest BCUT2D eigenvalue weighted by Gasteiger charge is 2.35. The third-order valence-electron chi connectivity index (χ3n) is 1.67. The van der Waals surface area contributed by atoms with Gasteiger partial charge >= 0.3 is 6.18 Å². The summed E-state index contributed by atoms with van der Waals surface area (Å²) in [4.78, 5) is 12.8. The van der Waals surface area contributed by atoms with Crippen LogP contribution in [-0.4, -0.2) is 24.5 Å². The molecule has 2 nitrogen and oxygen atoms in total. The lowest BCUT2D eigenvalue weighted by Crippen LogP contribution is -2.23. The average molecular weight is 207 g/mol. The molecule has 0 spiro atoms. The molecule has 0 saturated carbocycles. The van der Waals surface area contributed by atoms with Crippen LogP contribution in [0.3, 0.4) is 0 Å². The van der Waals surface area contributed by atoms with Gasteiger partial charge in [-0.15, -0.1) is 0 Å². The van der Waals surface area contributed by atoms with E-state index in [1.165, 1.54) is 0 Å². The highest BCUT2D eigenvalue weighted by molar-refractivity contribution is 5.38. The Kier molecular flexibility index (Phi) is 2.86. The van der Waals surface area contributed by atoms with Gasteiger partial charge < -0.3 is 0 Å². The lowest BCUT2D eigenvalue weighted by Gasteiger charge is -2.16. The number of nitrogens with zero attached hydrogens (tertiary/aromatic N) is 1. The molecule has 0 aromatic carbocycles. The van der Waals surface area contributed by atoms with E-state index >= 15 is 0 Å². The molecule has 6 heteroatoms. The van der Waals surface area contributed by atoms with Gasteiger partial charge in [0.05, 0.1) is 5.57 Å². The number of allylic oxidation sites excluding steroid dienone is 2. The summed E-state index contributed by atoms with van der Waals surface area (Å²) in [6, 6.07) is -1.20. The maximum atomic E-state index is 12.9. The van der Waals surface area contributed by atoms with Crippen LogP contribution >= 0.6 is 0 Å². The van der Waals surface area contributed by atoms with Gasteiger partial charge in [-0.2, -0.15) is 18.2 Å². The minimum Gasteiger partial charge on any atom is -0.240 e. The summed E-state index contributed by atoms with van der Waals surface area (Å²) in [5, 5.41) is 0. The van der Waals surface area contributed by atoms with E-state index in [2.05, 4.69) is 4.99 Å². The third kappa shape index (κ3) is 2.29. The van der Waals surface area contributed by atoms with Gasteiger partial charge in [-0.25, -0.2) is 9.18 Å². The zero-order valence-corrected chi connectivity index (χ0v) is 6.75. The Bertz CT molecular complexity index is 325. The first kappa shape index (κ1) is 10.7. The molecule has 0 fully saturated rings. The number of carbonyl (C=O) groups excluding carboxylic acids is 1. The van der Waals surface area contributed by atoms with Gasteiger partial charge in [0.2, 0.25) is 6.08 Å². The number of alkyl halides is 4. The highest BCUT2D eigenvalue weighted by Crippen LogP contribution is 2.30. The molecule has 2 atom stereocenters. The van der Waals surface area contributed by atoms with Crippen molar-refractivity contribution in [3.63, 3.8) is 0 Å². The third-order valence-corrected chi connectivity index (χ3v) is 1.67. The SMILES string of the molecule is O=C=NC1C=CC(C(F)(F)F)=CC1F. The lowest BCUT2D eigenvalue weighted by atomic mass is 10.0. The number of halogens is 4. The van der Waals surface area contributed by atoms with E-state index in [0.717, 1.165) is 12.2 Å². The van der Waals surface area contributed by atoms with Gasteiger partial charge in [-0.05, 0) is 6.08 Å². The minimum atomic E-state index is -4.57. The van der Waals surface area contributed by atoms with Crippen LogP contribution in [-0.2, 0) is 4.79 Å². The molecule has 0 aromatic heterocycles. The summed E-state index contributed by atoms with van der Waals surface area (Å²) >= 11 is 0. The van der Waals surface area contributed by atoms with E-state index in [-0.39, 0.29) is 0 Å². The van der Waals surface area contributed by atoms with Crippen LogP contribution in [0.25, 0.3) is 0 Å². The molecule has 76 valence electrons. The van der Waals surface area contributed by atoms with Crippen molar-refractivity contribution < 1.29 is 22.4 Å². The van der Waals surface area contributed by atoms with Crippen molar-refractivity contribution in [3.05, 3.63) is 23.8 Å². The molecule has 0 N–H and O–H groups in total. The molecule has 0 aromatic rings. The standard InChI is InChI=1S/C8H5F4NO/c9-6-3-5(8(10,11)12)1-2-7(6)13-4-14/h1-3,6-7H. The predicted molar refractivity (Wildman–Crippen MR) is 40.1 cm³/mol. The summed E-state index contributed by atoms with van der Waals surface area (Å²) < 4.78 is 49.0.